The van der Waals surface area contributed by atoms with E-state index in [0.717, 1.165) is 15.8 Å². The summed E-state index contributed by atoms with van der Waals surface area (Å²) >= 11 is 5.32. The maximum Gasteiger partial charge on any atom is 0.276 e. The molecule has 0 bridgehead atoms. The van der Waals surface area contributed by atoms with Gasteiger partial charge in [-0.3, -0.25) is 24.4 Å². The van der Waals surface area contributed by atoms with Crippen molar-refractivity contribution in [2.75, 3.05) is 5.43 Å². The van der Waals surface area contributed by atoms with Crippen LogP contribution in [0.2, 0.25) is 0 Å². The Morgan fingerprint density at radius 3 is 2.14 bits per heavy atom. The third kappa shape index (κ3) is 5.14. The highest BCUT2D eigenvalue weighted by Crippen LogP contribution is 2.09. The molecule has 3 rings (SSSR count). The highest BCUT2D eigenvalue weighted by molar-refractivity contribution is 7.71. The van der Waals surface area contributed by atoms with Crippen LogP contribution in [0.25, 0.3) is 0 Å². The SMILES string of the molecule is CC(=O)Nn1c(=O)c(Cc2ccccc2)cn(C(=O)CCc2ccccc2)c1=S. The Morgan fingerprint density at radius 2 is 1.55 bits per heavy atom. The van der Waals surface area contributed by atoms with E-state index >= 15 is 0 Å². The summed E-state index contributed by atoms with van der Waals surface area (Å²) in [4.78, 5) is 37.3. The largest absolute Gasteiger partial charge is 0.276 e. The quantitative estimate of drug-likeness (QED) is 0.636. The highest BCUT2D eigenvalue weighted by Gasteiger charge is 2.15. The molecule has 2 aromatic carbocycles. The van der Waals surface area contributed by atoms with Gasteiger partial charge in [-0.25, -0.2) is 0 Å². The first-order chi connectivity index (χ1) is 14.0. The lowest BCUT2D eigenvalue weighted by molar-refractivity contribution is -0.115. The van der Waals surface area contributed by atoms with Crippen molar-refractivity contribution >= 4 is 24.0 Å². The van der Waals surface area contributed by atoms with Crippen LogP contribution in [0.5, 0.6) is 0 Å². The van der Waals surface area contributed by atoms with Crippen LogP contribution in [0.15, 0.2) is 71.7 Å². The topological polar surface area (TPSA) is 73.1 Å². The Bertz CT molecular complexity index is 1140. The predicted molar refractivity (Wildman–Crippen MR) is 114 cm³/mol. The molecule has 1 N–H and O–H groups in total. The second-order valence-corrected chi connectivity index (χ2v) is 7.02. The van der Waals surface area contributed by atoms with E-state index < -0.39 is 11.5 Å². The molecule has 0 radical (unpaired) electrons. The average molecular weight is 407 g/mol. The fraction of sp³-hybridized carbons (Fsp3) is 0.182. The van der Waals surface area contributed by atoms with Crippen molar-refractivity contribution in [3.63, 3.8) is 0 Å². The number of amides is 1. The molecule has 7 heteroatoms. The number of hydrogen-bond donors (Lipinski definition) is 1. The van der Waals surface area contributed by atoms with Crippen LogP contribution in [-0.2, 0) is 17.6 Å². The van der Waals surface area contributed by atoms with Crippen molar-refractivity contribution in [2.24, 2.45) is 0 Å². The van der Waals surface area contributed by atoms with Crippen LogP contribution in [-0.4, -0.2) is 21.1 Å². The molecule has 0 fully saturated rings. The summed E-state index contributed by atoms with van der Waals surface area (Å²) in [6, 6.07) is 19.1. The lowest BCUT2D eigenvalue weighted by atomic mass is 10.1. The number of aryl methyl sites for hydroxylation is 1. The van der Waals surface area contributed by atoms with Gasteiger partial charge in [0.1, 0.15) is 0 Å². The smallest absolute Gasteiger partial charge is 0.274 e. The van der Waals surface area contributed by atoms with Crippen LogP contribution >= 0.6 is 12.2 Å². The molecular weight excluding hydrogens is 386 g/mol. The third-order valence-corrected chi connectivity index (χ3v) is 4.79. The van der Waals surface area contributed by atoms with Crippen molar-refractivity contribution < 1.29 is 9.59 Å². The minimum Gasteiger partial charge on any atom is -0.274 e. The molecule has 148 valence electrons. The van der Waals surface area contributed by atoms with Crippen molar-refractivity contribution in [1.29, 1.82) is 0 Å². The molecule has 0 spiro atoms. The van der Waals surface area contributed by atoms with Gasteiger partial charge >= 0.3 is 0 Å². The second kappa shape index (κ2) is 9.25. The zero-order valence-electron chi connectivity index (χ0n) is 16.0. The zero-order chi connectivity index (χ0) is 20.8. The lowest BCUT2D eigenvalue weighted by Gasteiger charge is -2.14. The van der Waals surface area contributed by atoms with E-state index in [-0.39, 0.29) is 17.1 Å². The number of hydrogen-bond acceptors (Lipinski definition) is 4. The first-order valence-electron chi connectivity index (χ1n) is 9.22. The van der Waals surface area contributed by atoms with Gasteiger partial charge in [-0.2, -0.15) is 4.68 Å². The fourth-order valence-corrected chi connectivity index (χ4v) is 3.28. The molecule has 6 nitrogen and oxygen atoms in total. The van der Waals surface area contributed by atoms with Crippen molar-refractivity contribution in [3.8, 4) is 0 Å². The number of carbonyl (C=O) groups is 2. The van der Waals surface area contributed by atoms with Gasteiger partial charge in [0.2, 0.25) is 16.6 Å². The molecule has 0 saturated carbocycles. The molecule has 1 aromatic heterocycles. The van der Waals surface area contributed by atoms with E-state index in [1.54, 1.807) is 0 Å². The molecule has 0 saturated heterocycles. The summed E-state index contributed by atoms with van der Waals surface area (Å²) in [5.41, 5.74) is 4.30. The van der Waals surface area contributed by atoms with Crippen molar-refractivity contribution in [3.05, 3.63) is 98.7 Å². The maximum atomic E-state index is 12.9. The monoisotopic (exact) mass is 407 g/mol. The van der Waals surface area contributed by atoms with Crippen LogP contribution in [0, 0.1) is 4.77 Å². The number of rotatable bonds is 6. The Balaban J connectivity index is 1.97. The maximum absolute atomic E-state index is 12.9. The van der Waals surface area contributed by atoms with E-state index in [0.29, 0.717) is 18.4 Å². The van der Waals surface area contributed by atoms with Gasteiger partial charge in [0.25, 0.3) is 5.56 Å². The van der Waals surface area contributed by atoms with Gasteiger partial charge in [0, 0.05) is 31.5 Å². The Morgan fingerprint density at radius 1 is 0.966 bits per heavy atom. The van der Waals surface area contributed by atoms with Crippen LogP contribution in [0.3, 0.4) is 0 Å². The number of aromatic nitrogens is 2. The van der Waals surface area contributed by atoms with E-state index in [1.807, 2.05) is 60.7 Å². The van der Waals surface area contributed by atoms with E-state index in [2.05, 4.69) is 5.43 Å². The van der Waals surface area contributed by atoms with Gasteiger partial charge in [0.05, 0.1) is 0 Å². The van der Waals surface area contributed by atoms with E-state index in [9.17, 15) is 14.4 Å². The zero-order valence-corrected chi connectivity index (χ0v) is 16.8. The number of benzene rings is 2. The molecule has 29 heavy (non-hydrogen) atoms. The van der Waals surface area contributed by atoms with Crippen molar-refractivity contribution in [2.45, 2.75) is 26.2 Å². The molecule has 0 unspecified atom stereocenters. The summed E-state index contributed by atoms with van der Waals surface area (Å²) in [5, 5.41) is 0. The van der Waals surface area contributed by atoms with Gasteiger partial charge in [-0.05, 0) is 29.8 Å². The van der Waals surface area contributed by atoms with Crippen LogP contribution in [0.4, 0.5) is 0 Å². The number of nitrogens with zero attached hydrogens (tertiary/aromatic N) is 2. The van der Waals surface area contributed by atoms with Crippen LogP contribution in [0.1, 0.15) is 34.8 Å². The summed E-state index contributed by atoms with van der Waals surface area (Å²) in [5.74, 6) is -0.689. The summed E-state index contributed by atoms with van der Waals surface area (Å²) in [7, 11) is 0. The molecule has 0 aliphatic rings. The average Bonchev–Trinajstić information content (AvgIpc) is 2.72. The first-order valence-corrected chi connectivity index (χ1v) is 9.63. The lowest BCUT2D eigenvalue weighted by Crippen LogP contribution is -2.37. The number of nitrogens with one attached hydrogen (secondary N) is 1. The Kier molecular flexibility index (Phi) is 6.51. The van der Waals surface area contributed by atoms with Crippen LogP contribution < -0.4 is 11.0 Å². The minimum atomic E-state index is -0.446. The predicted octanol–water partition coefficient (Wildman–Crippen LogP) is 3.33. The Labute approximate surface area is 173 Å². The molecule has 0 aliphatic carbocycles. The normalized spacial score (nSPS) is 10.5. The molecule has 0 aliphatic heterocycles. The molecule has 0 atom stereocenters. The highest BCUT2D eigenvalue weighted by atomic mass is 32.1. The standard InChI is InChI=1S/C22H21N3O3S/c1-16(26)23-25-21(28)19(14-18-10-6-3-7-11-18)15-24(22(25)29)20(27)13-12-17-8-4-2-5-9-17/h2-11,15H,12-14H2,1H3,(H,23,26). The molecular formula is C22H21N3O3S. The summed E-state index contributed by atoms with van der Waals surface area (Å²) < 4.78 is 2.18. The van der Waals surface area contributed by atoms with E-state index in [1.165, 1.54) is 17.7 Å². The molecule has 1 heterocycles. The van der Waals surface area contributed by atoms with Gasteiger partial charge < -0.3 is 0 Å². The van der Waals surface area contributed by atoms with E-state index in [4.69, 9.17) is 12.2 Å². The molecule has 3 aromatic rings. The Hall–Kier alpha value is -3.32. The summed E-state index contributed by atoms with van der Waals surface area (Å²) in [6.07, 6.45) is 2.58. The van der Waals surface area contributed by atoms with Gasteiger partial charge in [-0.1, -0.05) is 60.7 Å². The summed E-state index contributed by atoms with van der Waals surface area (Å²) in [6.45, 7) is 1.28. The van der Waals surface area contributed by atoms with Gasteiger partial charge in [-0.15, -0.1) is 0 Å². The first kappa shape index (κ1) is 20.4. The fourth-order valence-electron chi connectivity index (χ4n) is 2.99. The molecule has 1 amide bonds. The van der Waals surface area contributed by atoms with Gasteiger partial charge in [0.15, 0.2) is 0 Å². The third-order valence-electron chi connectivity index (χ3n) is 4.41. The minimum absolute atomic E-state index is 0.0555. The number of carbonyl (C=O) groups excluding carboxylic acids is 2. The van der Waals surface area contributed by atoms with Crippen molar-refractivity contribution in [1.82, 2.24) is 9.24 Å². The second-order valence-electron chi connectivity index (χ2n) is 6.66.